The summed E-state index contributed by atoms with van der Waals surface area (Å²) in [7, 11) is 0. The summed E-state index contributed by atoms with van der Waals surface area (Å²) in [5, 5.41) is 9.48. The van der Waals surface area contributed by atoms with Crippen LogP contribution in [0, 0.1) is 0 Å². The number of ether oxygens (including phenoxy) is 1. The first-order valence-electron chi connectivity index (χ1n) is 9.29. The highest BCUT2D eigenvalue weighted by atomic mass is 35.5. The second-order valence-electron chi connectivity index (χ2n) is 6.75. The maximum Gasteiger partial charge on any atom is 0.416 e. The number of carboxylic acid groups (broad SMARTS) is 1. The maximum absolute atomic E-state index is 12.6. The molecule has 0 unspecified atom stereocenters. The quantitative estimate of drug-likeness (QED) is 0.437. The predicted octanol–water partition coefficient (Wildman–Crippen LogP) is 6.75. The highest BCUT2D eigenvalue weighted by Crippen LogP contribution is 2.31. The van der Waals surface area contributed by atoms with Gasteiger partial charge >= 0.3 is 12.1 Å². The van der Waals surface area contributed by atoms with E-state index in [4.69, 9.17) is 21.4 Å². The van der Waals surface area contributed by atoms with Gasteiger partial charge in [0.25, 0.3) is 0 Å². The summed E-state index contributed by atoms with van der Waals surface area (Å²) in [6, 6.07) is 17.1. The third-order valence-corrected chi connectivity index (χ3v) is 4.76. The Kier molecular flexibility index (Phi) is 7.02. The van der Waals surface area contributed by atoms with Gasteiger partial charge in [0, 0.05) is 10.6 Å². The third kappa shape index (κ3) is 6.36. The van der Waals surface area contributed by atoms with Crippen LogP contribution in [0.15, 0.2) is 72.8 Å². The van der Waals surface area contributed by atoms with Gasteiger partial charge < -0.3 is 9.84 Å². The summed E-state index contributed by atoms with van der Waals surface area (Å²) >= 11 is 6.28. The van der Waals surface area contributed by atoms with Crippen LogP contribution in [0.3, 0.4) is 0 Å². The molecule has 3 aromatic carbocycles. The van der Waals surface area contributed by atoms with Crippen molar-refractivity contribution in [1.29, 1.82) is 0 Å². The molecule has 0 saturated heterocycles. The predicted molar refractivity (Wildman–Crippen MR) is 114 cm³/mol. The Bertz CT molecular complexity index is 1090. The summed E-state index contributed by atoms with van der Waals surface area (Å²) in [5.74, 6) is -0.348. The van der Waals surface area contributed by atoms with Crippen LogP contribution >= 0.6 is 11.6 Å². The van der Waals surface area contributed by atoms with Crippen LogP contribution in [0.2, 0.25) is 5.02 Å². The molecule has 7 heteroatoms. The Morgan fingerprint density at radius 2 is 1.77 bits per heavy atom. The Morgan fingerprint density at radius 3 is 2.45 bits per heavy atom. The Morgan fingerprint density at radius 1 is 1.03 bits per heavy atom. The lowest BCUT2D eigenvalue weighted by Gasteiger charge is -2.10. The molecule has 3 aromatic rings. The average molecular weight is 447 g/mol. The summed E-state index contributed by atoms with van der Waals surface area (Å²) < 4.78 is 43.5. The van der Waals surface area contributed by atoms with Crippen LogP contribution in [0.4, 0.5) is 13.2 Å². The minimum atomic E-state index is -4.35. The number of hydrogen-bond donors (Lipinski definition) is 1. The van der Waals surface area contributed by atoms with Crippen LogP contribution in [-0.2, 0) is 17.4 Å². The Balaban J connectivity index is 1.66. The zero-order chi connectivity index (χ0) is 22.4. The van der Waals surface area contributed by atoms with Gasteiger partial charge in [-0.15, -0.1) is 0 Å². The van der Waals surface area contributed by atoms with Gasteiger partial charge in [0.2, 0.25) is 0 Å². The second kappa shape index (κ2) is 9.71. The van der Waals surface area contributed by atoms with Crippen LogP contribution in [0.5, 0.6) is 5.75 Å². The number of alkyl halides is 3. The molecule has 0 atom stereocenters. The van der Waals surface area contributed by atoms with Crippen molar-refractivity contribution in [1.82, 2.24) is 0 Å². The largest absolute Gasteiger partial charge is 0.490 e. The molecule has 31 heavy (non-hydrogen) atoms. The molecule has 3 rings (SSSR count). The van der Waals surface area contributed by atoms with Crippen molar-refractivity contribution in [3.8, 4) is 16.9 Å². The van der Waals surface area contributed by atoms with Gasteiger partial charge in [-0.3, -0.25) is 4.79 Å². The van der Waals surface area contributed by atoms with E-state index in [0.717, 1.165) is 17.7 Å². The fourth-order valence-electron chi connectivity index (χ4n) is 2.94. The van der Waals surface area contributed by atoms with Crippen molar-refractivity contribution in [2.24, 2.45) is 0 Å². The molecule has 0 radical (unpaired) electrons. The fraction of sp³-hybridized carbons (Fsp3) is 0.125. The molecule has 0 aliphatic rings. The van der Waals surface area contributed by atoms with Crippen molar-refractivity contribution < 1.29 is 27.8 Å². The Hall–Kier alpha value is -3.25. The lowest BCUT2D eigenvalue weighted by Crippen LogP contribution is -2.03. The van der Waals surface area contributed by atoms with Crippen molar-refractivity contribution in [2.45, 2.75) is 12.6 Å². The molecule has 3 nitrogen and oxygen atoms in total. The smallest absolute Gasteiger partial charge is 0.416 e. The van der Waals surface area contributed by atoms with E-state index in [1.54, 1.807) is 48.6 Å². The van der Waals surface area contributed by atoms with E-state index >= 15 is 0 Å². The number of rotatable bonds is 7. The van der Waals surface area contributed by atoms with Crippen molar-refractivity contribution in [3.05, 3.63) is 94.5 Å². The van der Waals surface area contributed by atoms with Gasteiger partial charge in [0.05, 0.1) is 12.0 Å². The van der Waals surface area contributed by atoms with Gasteiger partial charge in [-0.05, 0) is 59.2 Å². The van der Waals surface area contributed by atoms with Crippen LogP contribution in [-0.4, -0.2) is 17.7 Å². The molecule has 1 N–H and O–H groups in total. The molecule has 0 amide bonds. The fourth-order valence-corrected chi connectivity index (χ4v) is 3.17. The van der Waals surface area contributed by atoms with Crippen LogP contribution in [0.1, 0.15) is 16.7 Å². The second-order valence-corrected chi connectivity index (χ2v) is 7.15. The molecule has 0 fully saturated rings. The minimum Gasteiger partial charge on any atom is -0.490 e. The maximum atomic E-state index is 12.6. The minimum absolute atomic E-state index is 0.102. The number of benzene rings is 3. The number of carbonyl (C=O) groups is 1. The first-order valence-corrected chi connectivity index (χ1v) is 9.67. The van der Waals surface area contributed by atoms with Crippen LogP contribution in [0.25, 0.3) is 17.2 Å². The summed E-state index contributed by atoms with van der Waals surface area (Å²) in [5.41, 5.74) is 2.06. The van der Waals surface area contributed by atoms with Crippen molar-refractivity contribution >= 4 is 23.6 Å². The monoisotopic (exact) mass is 446 g/mol. The topological polar surface area (TPSA) is 46.5 Å². The van der Waals surface area contributed by atoms with E-state index in [-0.39, 0.29) is 13.0 Å². The first kappa shape index (κ1) is 22.4. The zero-order valence-corrected chi connectivity index (χ0v) is 17.0. The average Bonchev–Trinajstić information content (AvgIpc) is 2.72. The summed E-state index contributed by atoms with van der Waals surface area (Å²) in [6.45, 7) is 0.220. The van der Waals surface area contributed by atoms with Gasteiger partial charge in [-0.25, -0.2) is 0 Å². The van der Waals surface area contributed by atoms with Gasteiger partial charge in [0.15, 0.2) is 0 Å². The van der Waals surface area contributed by atoms with Crippen molar-refractivity contribution in [2.75, 3.05) is 6.61 Å². The molecule has 0 aliphatic carbocycles. The van der Waals surface area contributed by atoms with E-state index in [1.807, 2.05) is 6.07 Å². The van der Waals surface area contributed by atoms with E-state index in [9.17, 15) is 18.0 Å². The van der Waals surface area contributed by atoms with E-state index in [2.05, 4.69) is 0 Å². The van der Waals surface area contributed by atoms with Gasteiger partial charge in [-0.1, -0.05) is 48.0 Å². The van der Waals surface area contributed by atoms with E-state index < -0.39 is 17.7 Å². The number of aliphatic carboxylic acids is 1. The summed E-state index contributed by atoms with van der Waals surface area (Å²) in [6.07, 6.45) is -1.08. The molecule has 0 bridgehead atoms. The zero-order valence-electron chi connectivity index (χ0n) is 16.2. The van der Waals surface area contributed by atoms with Crippen LogP contribution < -0.4 is 4.74 Å². The van der Waals surface area contributed by atoms with E-state index in [1.165, 1.54) is 12.1 Å². The van der Waals surface area contributed by atoms with E-state index in [0.29, 0.717) is 27.5 Å². The Labute approximate surface area is 182 Å². The lowest BCUT2D eigenvalue weighted by atomic mass is 10.0. The molecule has 0 aliphatic heterocycles. The molecule has 160 valence electrons. The summed E-state index contributed by atoms with van der Waals surface area (Å²) in [4.78, 5) is 11.0. The molecular formula is C24H18ClF3O3. The first-order chi connectivity index (χ1) is 14.7. The van der Waals surface area contributed by atoms with Gasteiger partial charge in [-0.2, -0.15) is 13.2 Å². The highest BCUT2D eigenvalue weighted by Gasteiger charge is 2.29. The molecule has 0 heterocycles. The number of carboxylic acids is 1. The molecule has 0 saturated carbocycles. The SMILES string of the molecule is O=C(O)Cc1ccc(Cl)c(-c2cccc(OCC=Cc3ccc(C(F)(F)F)cc3)c2)c1. The van der Waals surface area contributed by atoms with Crippen molar-refractivity contribution in [3.63, 3.8) is 0 Å². The number of halogens is 4. The third-order valence-electron chi connectivity index (χ3n) is 4.43. The lowest BCUT2D eigenvalue weighted by molar-refractivity contribution is -0.138. The normalized spacial score (nSPS) is 11.6. The molecule has 0 spiro atoms. The highest BCUT2D eigenvalue weighted by molar-refractivity contribution is 6.33. The molecular weight excluding hydrogens is 429 g/mol. The molecule has 0 aromatic heterocycles. The standard InChI is InChI=1S/C24H18ClF3O3/c25-22-11-8-17(14-23(29)30)13-21(22)18-4-1-5-20(15-18)31-12-2-3-16-6-9-19(10-7-16)24(26,27)28/h1-11,13,15H,12,14H2,(H,29,30). The number of hydrogen-bond acceptors (Lipinski definition) is 2. The van der Waals surface area contributed by atoms with Gasteiger partial charge in [0.1, 0.15) is 12.4 Å².